The maximum Gasteiger partial charge on any atom is -1.00 e. The van der Waals surface area contributed by atoms with Crippen LogP contribution in [0.5, 0.6) is 0 Å². The second-order valence-corrected chi connectivity index (χ2v) is 24.6. The van der Waals surface area contributed by atoms with Gasteiger partial charge in [-0.1, -0.05) is 0 Å². The number of rotatable bonds is 8. The van der Waals surface area contributed by atoms with Gasteiger partial charge in [-0.05, 0) is 0 Å². The van der Waals surface area contributed by atoms with Crippen LogP contribution in [0.3, 0.4) is 0 Å². The van der Waals surface area contributed by atoms with Crippen LogP contribution >= 0.6 is 0 Å². The van der Waals surface area contributed by atoms with Crippen LogP contribution in [0.2, 0.25) is 3.63 Å². The van der Waals surface area contributed by atoms with Gasteiger partial charge in [0.25, 0.3) is 0 Å². The summed E-state index contributed by atoms with van der Waals surface area (Å²) in [6.07, 6.45) is 18.9. The fourth-order valence-electron chi connectivity index (χ4n) is 7.67. The minimum atomic E-state index is -2.42. The third-order valence-corrected chi connectivity index (χ3v) is 18.3. The summed E-state index contributed by atoms with van der Waals surface area (Å²) in [6.45, 7) is 34.1. The van der Waals surface area contributed by atoms with E-state index in [1.807, 2.05) is 6.48 Å². The molecular formula is C43H64Cl2Zr. The minimum absolute atomic E-state index is 0. The zero-order valence-corrected chi connectivity index (χ0v) is 35.8. The SMILES string of the molecule is CCCC[C](CCCC)=[Zr+2]([c]1c2c(cc(C(C)(C)C)c1C(C)(C)C)-c1cc(C(C)(C)C)c(C(C)(C)C)cc1C2)[CH]1C=CC=C1.[Cl-].[Cl-]. The molecule has 2 aliphatic carbocycles. The third-order valence-electron chi connectivity index (χ3n) is 9.91. The van der Waals surface area contributed by atoms with Crippen molar-refractivity contribution >= 4 is 6.48 Å². The van der Waals surface area contributed by atoms with Gasteiger partial charge in [0.15, 0.2) is 0 Å². The van der Waals surface area contributed by atoms with Gasteiger partial charge in [-0.15, -0.1) is 0 Å². The largest absolute Gasteiger partial charge is 1.00 e. The van der Waals surface area contributed by atoms with Crippen LogP contribution in [0.1, 0.15) is 169 Å². The molecule has 2 aliphatic rings. The standard InChI is InChI=1S/C29H41.C9H18.C5H5.2ClH.Zr/c1-26(2,3)22-14-18-13-19-15-23(27(4,5)6)25(29(10,11)12)17-21(19)20(18)16-24(22)28(7,8)9;1-3-5-7-9-8-6-4-2;1-2-4-5-3-1;;;/h14,16-17H,13H2,1-12H3;3-8H2,1-2H3;1-5H;2*1H;/q;;;;;+2/p-2. The fraction of sp³-hybridized carbons (Fsp3) is 0.605. The molecule has 0 bridgehead atoms. The molecule has 0 radical (unpaired) electrons. The Labute approximate surface area is 304 Å². The zero-order chi connectivity index (χ0) is 32.8. The number of benzene rings is 2. The Hall–Kier alpha value is -0.747. The zero-order valence-electron chi connectivity index (χ0n) is 31.8. The molecule has 2 aromatic carbocycles. The Morgan fingerprint density at radius 3 is 1.52 bits per heavy atom. The van der Waals surface area contributed by atoms with Crippen LogP contribution in [0, 0.1) is 0 Å². The van der Waals surface area contributed by atoms with E-state index in [0.29, 0.717) is 3.63 Å². The van der Waals surface area contributed by atoms with Crippen molar-refractivity contribution in [3.8, 4) is 11.1 Å². The molecule has 0 unspecified atom stereocenters. The summed E-state index contributed by atoms with van der Waals surface area (Å²) >= 11 is -2.42. The Balaban J connectivity index is 0.00000368. The fourth-order valence-corrected chi connectivity index (χ4v) is 17.5. The van der Waals surface area contributed by atoms with Crippen molar-refractivity contribution in [3.05, 3.63) is 75.9 Å². The van der Waals surface area contributed by atoms with Crippen LogP contribution < -0.4 is 28.1 Å². The van der Waals surface area contributed by atoms with Crippen LogP contribution in [0.25, 0.3) is 11.1 Å². The van der Waals surface area contributed by atoms with Gasteiger partial charge in [0.2, 0.25) is 0 Å². The molecule has 3 heteroatoms. The van der Waals surface area contributed by atoms with Gasteiger partial charge >= 0.3 is 282 Å². The molecule has 0 spiro atoms. The predicted molar refractivity (Wildman–Crippen MR) is 195 cm³/mol. The molecule has 46 heavy (non-hydrogen) atoms. The number of hydrogen-bond donors (Lipinski definition) is 0. The van der Waals surface area contributed by atoms with Gasteiger partial charge in [0, 0.05) is 0 Å². The average molecular weight is 743 g/mol. The van der Waals surface area contributed by atoms with E-state index < -0.39 is 21.3 Å². The first-order valence-corrected chi connectivity index (χ1v) is 21.6. The van der Waals surface area contributed by atoms with Crippen molar-refractivity contribution in [2.24, 2.45) is 0 Å². The predicted octanol–water partition coefficient (Wildman–Crippen LogP) is 6.17. The summed E-state index contributed by atoms with van der Waals surface area (Å²) in [6, 6.07) is 7.93. The van der Waals surface area contributed by atoms with Crippen LogP contribution in [-0.2, 0) is 49.3 Å². The molecule has 0 N–H and O–H groups in total. The van der Waals surface area contributed by atoms with Gasteiger partial charge in [-0.2, -0.15) is 0 Å². The van der Waals surface area contributed by atoms with Crippen molar-refractivity contribution in [1.29, 1.82) is 0 Å². The first kappa shape index (κ1) is 41.4. The topological polar surface area (TPSA) is 0 Å². The van der Waals surface area contributed by atoms with E-state index in [1.165, 1.54) is 55.2 Å². The van der Waals surface area contributed by atoms with E-state index >= 15 is 0 Å². The molecule has 0 saturated heterocycles. The van der Waals surface area contributed by atoms with E-state index in [9.17, 15) is 0 Å². The molecule has 0 saturated carbocycles. The summed E-state index contributed by atoms with van der Waals surface area (Å²) in [5.74, 6) is 0. The average Bonchev–Trinajstić information content (AvgIpc) is 3.54. The summed E-state index contributed by atoms with van der Waals surface area (Å²) in [4.78, 5) is 0. The van der Waals surface area contributed by atoms with Crippen LogP contribution in [-0.4, -0.2) is 3.21 Å². The van der Waals surface area contributed by atoms with E-state index in [0.717, 1.165) is 6.42 Å². The maximum atomic E-state index is 2.67. The molecule has 254 valence electrons. The Bertz CT molecular complexity index is 1450. The normalized spacial score (nSPS) is 14.4. The van der Waals surface area contributed by atoms with Crippen molar-refractivity contribution in [2.75, 3.05) is 0 Å². The first-order chi connectivity index (χ1) is 20.3. The number of hydrogen-bond acceptors (Lipinski definition) is 0. The second-order valence-electron chi connectivity index (χ2n) is 18.0. The molecule has 0 heterocycles. The third kappa shape index (κ3) is 8.69. The second kappa shape index (κ2) is 15.4. The maximum absolute atomic E-state index is 2.67. The number of fused-ring (bicyclic) bond motifs is 3. The Morgan fingerprint density at radius 2 is 1.09 bits per heavy atom. The van der Waals surface area contributed by atoms with E-state index in [-0.39, 0.29) is 46.5 Å². The first-order valence-electron chi connectivity index (χ1n) is 17.8. The Morgan fingerprint density at radius 1 is 0.630 bits per heavy atom. The molecule has 0 nitrogen and oxygen atoms in total. The van der Waals surface area contributed by atoms with E-state index in [2.05, 4.69) is 139 Å². The van der Waals surface area contributed by atoms with Crippen molar-refractivity contribution in [1.82, 2.24) is 0 Å². The van der Waals surface area contributed by atoms with Gasteiger partial charge < -0.3 is 24.8 Å². The van der Waals surface area contributed by atoms with Gasteiger partial charge in [-0.3, -0.25) is 0 Å². The van der Waals surface area contributed by atoms with E-state index in [1.54, 1.807) is 27.8 Å². The Kier molecular flexibility index (Phi) is 13.9. The molecule has 4 rings (SSSR count). The quantitative estimate of drug-likeness (QED) is 0.260. The van der Waals surface area contributed by atoms with Gasteiger partial charge in [-0.25, -0.2) is 0 Å². The van der Waals surface area contributed by atoms with Crippen molar-refractivity contribution in [3.63, 3.8) is 0 Å². The number of allylic oxidation sites excluding steroid dienone is 4. The van der Waals surface area contributed by atoms with Crippen molar-refractivity contribution < 1.29 is 46.1 Å². The van der Waals surface area contributed by atoms with Crippen LogP contribution in [0.15, 0.2) is 42.5 Å². The smallest absolute Gasteiger partial charge is 1.00 e. The molecule has 2 aromatic rings. The summed E-state index contributed by atoms with van der Waals surface area (Å²) in [5.41, 5.74) is 13.1. The summed E-state index contributed by atoms with van der Waals surface area (Å²) in [5, 5.41) is 0. The van der Waals surface area contributed by atoms with E-state index in [4.69, 9.17) is 0 Å². The molecular weight excluding hydrogens is 679 g/mol. The summed E-state index contributed by atoms with van der Waals surface area (Å²) in [7, 11) is 0. The monoisotopic (exact) mass is 740 g/mol. The molecule has 0 aromatic heterocycles. The molecule has 0 amide bonds. The van der Waals surface area contributed by atoms with Gasteiger partial charge in [0.1, 0.15) is 0 Å². The van der Waals surface area contributed by atoms with Gasteiger partial charge in [0.05, 0.1) is 0 Å². The number of halogens is 2. The summed E-state index contributed by atoms with van der Waals surface area (Å²) < 4.78 is 4.48. The molecule has 0 fully saturated rings. The van der Waals surface area contributed by atoms with Crippen LogP contribution in [0.4, 0.5) is 0 Å². The number of unbranched alkanes of at least 4 members (excludes halogenated alkanes) is 2. The van der Waals surface area contributed by atoms with Crippen molar-refractivity contribution in [2.45, 2.75) is 167 Å². The molecule has 0 aliphatic heterocycles. The minimum Gasteiger partial charge on any atom is -1.00 e. The molecule has 0 atom stereocenters.